The van der Waals surface area contributed by atoms with Gasteiger partial charge >= 0.3 is 23.9 Å². The molecular formula is C80H79F15O8. The van der Waals surface area contributed by atoms with Crippen LogP contribution in [0.4, 0.5) is 65.9 Å². The average Bonchev–Trinajstić information content (AvgIpc) is 0.813. The van der Waals surface area contributed by atoms with Gasteiger partial charge in [0.15, 0.2) is 69.8 Å². The van der Waals surface area contributed by atoms with Crippen LogP contribution in [0, 0.1) is 129 Å². The lowest BCUT2D eigenvalue weighted by molar-refractivity contribution is -0.140. The third kappa shape index (κ3) is 21.1. The van der Waals surface area contributed by atoms with Gasteiger partial charge in [0.2, 0.25) is 0 Å². The molecule has 5 aliphatic carbocycles. The van der Waals surface area contributed by atoms with Crippen LogP contribution in [-0.4, -0.2) is 23.9 Å². The van der Waals surface area contributed by atoms with E-state index in [1.54, 1.807) is 18.2 Å². The fraction of sp³-hybridized carbons (Fsp3) is 0.425. The Hall–Kier alpha value is -8.63. The van der Waals surface area contributed by atoms with Crippen LogP contribution in [0.1, 0.15) is 222 Å². The summed E-state index contributed by atoms with van der Waals surface area (Å²) in [5, 5.41) is 0. The minimum Gasteiger partial charge on any atom is -0.426 e. The van der Waals surface area contributed by atoms with Gasteiger partial charge in [-0.15, -0.1) is 0 Å². The molecule has 7 aromatic rings. The van der Waals surface area contributed by atoms with Gasteiger partial charge in [0.25, 0.3) is 0 Å². The van der Waals surface area contributed by atoms with E-state index in [2.05, 4.69) is 32.4 Å². The molecular weight excluding hydrogens is 1370 g/mol. The summed E-state index contributed by atoms with van der Waals surface area (Å²) in [7, 11) is 0. The molecule has 0 aliphatic heterocycles. The van der Waals surface area contributed by atoms with Crippen LogP contribution >= 0.6 is 0 Å². The Labute approximate surface area is 587 Å². The smallest absolute Gasteiger partial charge is 0.349 e. The van der Waals surface area contributed by atoms with Gasteiger partial charge in [0.1, 0.15) is 46.0 Å². The van der Waals surface area contributed by atoms with Crippen molar-refractivity contribution < 1.29 is 104 Å². The van der Waals surface area contributed by atoms with Crippen LogP contribution in [0.25, 0.3) is 0 Å². The molecule has 0 saturated heterocycles. The SMILES string of the molecule is CC1CCC(C2CCC(C(=O)Oc3cc(F)c(F)c(F)c3)CC2)CC1.CC1CCC(c2cc(F)c(C(=O)Oc3cc(F)c(F)c(F)c3)c(F)c2)CC1.CC1CCC(c2ccc(C(=O)Oc3cc(F)c(F)c(F)c3)c(F)c2)CC1.CC1CCC(c2ccc(C(=O)Oc3cc(F)c(F)c(F)c3)cc2)CC1. The predicted octanol–water partition coefficient (Wildman–Crippen LogP) is 22.9. The minimum absolute atomic E-state index is 0.00978. The van der Waals surface area contributed by atoms with Crippen LogP contribution in [0.2, 0.25) is 0 Å². The Morgan fingerprint density at radius 1 is 0.282 bits per heavy atom. The van der Waals surface area contributed by atoms with E-state index < -0.39 is 128 Å². The first-order chi connectivity index (χ1) is 49.0. The highest BCUT2D eigenvalue weighted by Gasteiger charge is 2.34. The van der Waals surface area contributed by atoms with Gasteiger partial charge in [-0.3, -0.25) is 4.79 Å². The maximum atomic E-state index is 14.4. The van der Waals surface area contributed by atoms with Crippen molar-refractivity contribution in [3.05, 3.63) is 224 Å². The summed E-state index contributed by atoms with van der Waals surface area (Å²) in [6, 6.07) is 18.2. The van der Waals surface area contributed by atoms with Crippen molar-refractivity contribution >= 4 is 23.9 Å². The number of rotatable bonds is 12. The van der Waals surface area contributed by atoms with Gasteiger partial charge < -0.3 is 18.9 Å². The fourth-order valence-corrected chi connectivity index (χ4v) is 14.3. The first-order valence-electron chi connectivity index (χ1n) is 34.8. The Balaban J connectivity index is 0.000000160. The van der Waals surface area contributed by atoms with Crippen LogP contribution in [0.15, 0.2) is 103 Å². The fourth-order valence-electron chi connectivity index (χ4n) is 14.3. The zero-order valence-electron chi connectivity index (χ0n) is 57.2. The maximum Gasteiger partial charge on any atom is 0.349 e. The van der Waals surface area contributed by atoms with Gasteiger partial charge in [-0.1, -0.05) is 97.3 Å². The molecule has 5 saturated carbocycles. The predicted molar refractivity (Wildman–Crippen MR) is 353 cm³/mol. The highest BCUT2D eigenvalue weighted by Crippen LogP contribution is 2.43. The third-order valence-electron chi connectivity index (χ3n) is 20.6. The van der Waals surface area contributed by atoms with Crippen molar-refractivity contribution in [3.8, 4) is 23.0 Å². The monoisotopic (exact) mass is 1450 g/mol. The molecule has 5 fully saturated rings. The molecule has 103 heavy (non-hydrogen) atoms. The maximum absolute atomic E-state index is 14.4. The Morgan fingerprint density at radius 2 is 0.573 bits per heavy atom. The Kier molecular flexibility index (Phi) is 27.2. The van der Waals surface area contributed by atoms with E-state index in [1.165, 1.54) is 56.2 Å². The summed E-state index contributed by atoms with van der Waals surface area (Å²) in [5.41, 5.74) is 1.44. The molecule has 23 heteroatoms. The summed E-state index contributed by atoms with van der Waals surface area (Å²) in [4.78, 5) is 48.5. The summed E-state index contributed by atoms with van der Waals surface area (Å²) in [5.74, 6) is -22.0. The molecule has 0 unspecified atom stereocenters. The molecule has 0 radical (unpaired) electrons. The first-order valence-corrected chi connectivity index (χ1v) is 34.8. The Bertz CT molecular complexity index is 4010. The van der Waals surface area contributed by atoms with Crippen LogP contribution in [0.5, 0.6) is 23.0 Å². The zero-order valence-corrected chi connectivity index (χ0v) is 57.2. The lowest BCUT2D eigenvalue weighted by Gasteiger charge is -2.36. The van der Waals surface area contributed by atoms with E-state index >= 15 is 0 Å². The molecule has 0 atom stereocenters. The van der Waals surface area contributed by atoms with E-state index in [4.69, 9.17) is 14.2 Å². The van der Waals surface area contributed by atoms with Crippen LogP contribution < -0.4 is 18.9 Å². The van der Waals surface area contributed by atoms with Crippen LogP contribution in [-0.2, 0) is 4.79 Å². The van der Waals surface area contributed by atoms with Crippen molar-refractivity contribution in [2.24, 2.45) is 41.4 Å². The minimum atomic E-state index is -1.74. The number of hydrogen-bond donors (Lipinski definition) is 0. The Morgan fingerprint density at radius 3 is 0.942 bits per heavy atom. The lowest BCUT2D eigenvalue weighted by Crippen LogP contribution is -2.29. The van der Waals surface area contributed by atoms with Crippen LogP contribution in [0.3, 0.4) is 0 Å². The molecule has 0 amide bonds. The standard InChI is InChI=1S/C20H17F5O2.C20H18F4O2.C20H25F3O2.C20H19F3O2/c1-10-2-4-11(5-3-10)12-6-14(21)18(15(22)7-12)20(26)27-13-8-16(23)19(25)17(24)9-13;1-11-2-4-12(5-3-11)13-6-7-15(16(21)8-13)20(25)26-14-9-17(22)19(24)18(23)10-14;2*1-12-2-4-13(5-3-12)14-6-8-15(9-7-14)20(24)25-16-10-17(21)19(23)18(22)11-16/h6-11H,2-5H2,1H3;6-12H,2-5H2,1H3;10-15H,2-9H2,1H3;6-13H,2-5H2,1H3. The molecule has 8 nitrogen and oxygen atoms in total. The quantitative estimate of drug-likeness (QED) is 0.0516. The average molecular weight is 1450 g/mol. The second kappa shape index (κ2) is 35.7. The largest absolute Gasteiger partial charge is 0.426 e. The third-order valence-corrected chi connectivity index (χ3v) is 20.6. The van der Waals surface area contributed by atoms with E-state index in [0.29, 0.717) is 77.8 Å². The zero-order chi connectivity index (χ0) is 74.5. The molecule has 0 N–H and O–H groups in total. The summed E-state index contributed by atoms with van der Waals surface area (Å²) >= 11 is 0. The molecule has 5 aliphatic rings. The number of esters is 4. The lowest BCUT2D eigenvalue weighted by atomic mass is 9.69. The molecule has 0 aromatic heterocycles. The van der Waals surface area contributed by atoms with Gasteiger partial charge in [0.05, 0.1) is 17.0 Å². The molecule has 552 valence electrons. The number of halogens is 15. The summed E-state index contributed by atoms with van der Waals surface area (Å²) in [6.45, 7) is 8.88. The van der Waals surface area contributed by atoms with E-state index in [9.17, 15) is 85.0 Å². The van der Waals surface area contributed by atoms with Gasteiger partial charge in [-0.05, 0) is 183 Å². The number of benzene rings is 7. The van der Waals surface area contributed by atoms with E-state index in [-0.39, 0.29) is 40.4 Å². The van der Waals surface area contributed by atoms with Crippen molar-refractivity contribution in [3.63, 3.8) is 0 Å². The summed E-state index contributed by atoms with van der Waals surface area (Å²) in [6.07, 6.45) is 21.0. The molecule has 12 rings (SSSR count). The van der Waals surface area contributed by atoms with E-state index in [1.807, 2.05) is 12.1 Å². The highest BCUT2D eigenvalue weighted by atomic mass is 19.2. The molecule has 0 spiro atoms. The second-order valence-corrected chi connectivity index (χ2v) is 28.1. The number of carbonyl (C=O) groups is 4. The molecule has 0 bridgehead atoms. The second-order valence-electron chi connectivity index (χ2n) is 28.1. The number of ether oxygens (including phenoxy) is 4. The normalized spacial score (nSPS) is 22.5. The molecule has 7 aromatic carbocycles. The number of hydrogen-bond acceptors (Lipinski definition) is 8. The van der Waals surface area contributed by atoms with Crippen molar-refractivity contribution in [1.82, 2.24) is 0 Å². The van der Waals surface area contributed by atoms with E-state index in [0.717, 1.165) is 125 Å². The van der Waals surface area contributed by atoms with Gasteiger partial charge in [0, 0.05) is 48.5 Å². The summed E-state index contributed by atoms with van der Waals surface area (Å²) < 4.78 is 220. The van der Waals surface area contributed by atoms with Crippen molar-refractivity contribution in [2.75, 3.05) is 0 Å². The highest BCUT2D eigenvalue weighted by molar-refractivity contribution is 5.92. The van der Waals surface area contributed by atoms with Gasteiger partial charge in [-0.25, -0.2) is 80.2 Å². The van der Waals surface area contributed by atoms with Gasteiger partial charge in [-0.2, -0.15) is 0 Å². The molecule has 0 heterocycles. The first kappa shape index (κ1) is 78.5. The topological polar surface area (TPSA) is 105 Å². The van der Waals surface area contributed by atoms with Crippen molar-refractivity contribution in [1.29, 1.82) is 0 Å². The van der Waals surface area contributed by atoms with Crippen molar-refractivity contribution in [2.45, 2.75) is 174 Å². The number of carbonyl (C=O) groups excluding carboxylic acids is 4.